The molecule has 0 bridgehead atoms. The van der Waals surface area contributed by atoms with Crippen molar-refractivity contribution in [2.75, 3.05) is 6.26 Å². The lowest BCUT2D eigenvalue weighted by molar-refractivity contribution is -0.137. The fraction of sp³-hybridized carbons (Fsp3) is 0.167. The van der Waals surface area contributed by atoms with Gasteiger partial charge < -0.3 is 4.52 Å². The Morgan fingerprint density at radius 2 is 1.76 bits per heavy atom. The molecule has 11 heteroatoms. The molecule has 0 atom stereocenters. The lowest BCUT2D eigenvalue weighted by atomic mass is 9.97. The second kappa shape index (κ2) is 7.21. The van der Waals surface area contributed by atoms with Crippen molar-refractivity contribution >= 4 is 9.84 Å². The first kappa shape index (κ1) is 20.9. The Balaban J connectivity index is 2.26. The quantitative estimate of drug-likeness (QED) is 0.530. The Labute approximate surface area is 160 Å². The summed E-state index contributed by atoms with van der Waals surface area (Å²) in [5.41, 5.74) is -2.58. The maximum Gasteiger partial charge on any atom is 0.416 e. The van der Waals surface area contributed by atoms with Gasteiger partial charge in [-0.25, -0.2) is 21.6 Å². The number of halogens is 6. The monoisotopic (exact) mass is 435 g/mol. The smallest absolute Gasteiger partial charge is 0.357 e. The molecule has 0 radical (unpaired) electrons. The number of alkyl halides is 4. The van der Waals surface area contributed by atoms with Gasteiger partial charge >= 0.3 is 6.18 Å². The lowest BCUT2D eigenvalue weighted by Crippen LogP contribution is -2.05. The molecule has 29 heavy (non-hydrogen) atoms. The Morgan fingerprint density at radius 1 is 1.07 bits per heavy atom. The summed E-state index contributed by atoms with van der Waals surface area (Å²) in [6, 6.07) is 4.68. The van der Waals surface area contributed by atoms with Crippen LogP contribution < -0.4 is 0 Å². The molecule has 0 amide bonds. The van der Waals surface area contributed by atoms with Gasteiger partial charge in [0.05, 0.1) is 11.1 Å². The Morgan fingerprint density at radius 3 is 2.34 bits per heavy atom. The van der Waals surface area contributed by atoms with E-state index in [-0.39, 0.29) is 11.3 Å². The fourth-order valence-corrected chi connectivity index (χ4v) is 3.47. The van der Waals surface area contributed by atoms with Gasteiger partial charge in [-0.1, -0.05) is 17.3 Å². The molecule has 1 aromatic heterocycles. The topological polar surface area (TPSA) is 60.2 Å². The van der Waals surface area contributed by atoms with E-state index < -0.39 is 61.7 Å². The van der Waals surface area contributed by atoms with E-state index in [0.717, 1.165) is 12.1 Å². The fourth-order valence-electron chi connectivity index (χ4n) is 2.74. The summed E-state index contributed by atoms with van der Waals surface area (Å²) in [6.45, 7) is -1.31. The second-order valence-electron chi connectivity index (χ2n) is 6.08. The summed E-state index contributed by atoms with van der Waals surface area (Å²) < 4.78 is 109. The minimum Gasteiger partial charge on any atom is -0.357 e. The zero-order valence-electron chi connectivity index (χ0n) is 14.5. The highest BCUT2D eigenvalue weighted by atomic mass is 32.2. The molecular weight excluding hydrogens is 424 g/mol. The van der Waals surface area contributed by atoms with Crippen LogP contribution in [0.4, 0.5) is 26.3 Å². The van der Waals surface area contributed by atoms with Gasteiger partial charge in [-0.3, -0.25) is 0 Å². The zero-order chi connectivity index (χ0) is 21.6. The highest BCUT2D eigenvalue weighted by Gasteiger charge is 2.32. The molecule has 0 aliphatic rings. The third-order valence-electron chi connectivity index (χ3n) is 4.04. The summed E-state index contributed by atoms with van der Waals surface area (Å²) in [5, 5.41) is 3.51. The van der Waals surface area contributed by atoms with E-state index in [1.165, 1.54) is 6.07 Å². The van der Waals surface area contributed by atoms with Crippen LogP contribution in [-0.2, 0) is 22.7 Å². The predicted octanol–water partition coefficient (Wildman–Crippen LogP) is 5.18. The minimum atomic E-state index is -4.68. The number of nitrogens with zero attached hydrogens (tertiary/aromatic N) is 1. The van der Waals surface area contributed by atoms with E-state index in [2.05, 4.69) is 5.16 Å². The Hall–Kier alpha value is -2.82. The van der Waals surface area contributed by atoms with Crippen LogP contribution in [0.3, 0.4) is 0 Å². The largest absolute Gasteiger partial charge is 0.416 e. The Kier molecular flexibility index (Phi) is 5.20. The first-order valence-electron chi connectivity index (χ1n) is 7.85. The minimum absolute atomic E-state index is 0.176. The number of hydrogen-bond donors (Lipinski definition) is 0. The van der Waals surface area contributed by atoms with Gasteiger partial charge in [-0.05, 0) is 24.3 Å². The van der Waals surface area contributed by atoms with Crippen molar-refractivity contribution in [2.24, 2.45) is 0 Å². The van der Waals surface area contributed by atoms with Crippen molar-refractivity contribution in [2.45, 2.75) is 17.7 Å². The molecular formula is C18H11F6NO3S. The van der Waals surface area contributed by atoms with Crippen LogP contribution in [0.15, 0.2) is 45.8 Å². The van der Waals surface area contributed by atoms with Gasteiger partial charge in [0, 0.05) is 17.4 Å². The maximum absolute atomic E-state index is 14.6. The summed E-state index contributed by atoms with van der Waals surface area (Å²) in [5.74, 6) is -3.11. The summed E-state index contributed by atoms with van der Waals surface area (Å²) in [7, 11) is -4.09. The van der Waals surface area contributed by atoms with E-state index in [1.807, 2.05) is 0 Å². The first-order chi connectivity index (χ1) is 13.4. The SMILES string of the molecule is CS(=O)(=O)c1cc(F)c(-c2c(-c3cccc(C(F)(F)F)c3)noc2CF)cc1F. The van der Waals surface area contributed by atoms with Crippen molar-refractivity contribution < 1.29 is 39.3 Å². The van der Waals surface area contributed by atoms with Gasteiger partial charge in [0.15, 0.2) is 22.3 Å². The zero-order valence-corrected chi connectivity index (χ0v) is 15.3. The van der Waals surface area contributed by atoms with Gasteiger partial charge in [-0.2, -0.15) is 13.2 Å². The van der Waals surface area contributed by atoms with Crippen molar-refractivity contribution in [3.63, 3.8) is 0 Å². The molecule has 0 aliphatic heterocycles. The molecule has 1 heterocycles. The van der Waals surface area contributed by atoms with Crippen LogP contribution in [0.5, 0.6) is 0 Å². The predicted molar refractivity (Wildman–Crippen MR) is 90.2 cm³/mol. The summed E-state index contributed by atoms with van der Waals surface area (Å²) in [6.07, 6.45) is -4.01. The molecule has 154 valence electrons. The van der Waals surface area contributed by atoms with Gasteiger partial charge in [-0.15, -0.1) is 0 Å². The highest BCUT2D eigenvalue weighted by molar-refractivity contribution is 7.90. The number of rotatable bonds is 4. The second-order valence-corrected chi connectivity index (χ2v) is 8.06. The molecule has 0 fully saturated rings. The molecule has 2 aromatic carbocycles. The average molecular weight is 435 g/mol. The molecule has 4 nitrogen and oxygen atoms in total. The number of sulfone groups is 1. The molecule has 0 spiro atoms. The van der Waals surface area contributed by atoms with E-state index in [9.17, 15) is 34.8 Å². The average Bonchev–Trinajstić information content (AvgIpc) is 3.05. The molecule has 0 N–H and O–H groups in total. The standard InChI is InChI=1S/C18H11F6NO3S/c1-29(26,27)15-7-12(20)11(6-13(15)21)16-14(8-19)28-25-17(16)9-3-2-4-10(5-9)18(22,23)24/h2-7H,8H2,1H3. The van der Waals surface area contributed by atoms with Gasteiger partial charge in [0.25, 0.3) is 0 Å². The highest BCUT2D eigenvalue weighted by Crippen LogP contribution is 2.39. The van der Waals surface area contributed by atoms with Crippen LogP contribution in [0.25, 0.3) is 22.4 Å². The maximum atomic E-state index is 14.6. The number of benzene rings is 2. The summed E-state index contributed by atoms with van der Waals surface area (Å²) >= 11 is 0. The third-order valence-corrected chi connectivity index (χ3v) is 5.15. The van der Waals surface area contributed by atoms with Crippen molar-refractivity contribution in [3.8, 4) is 22.4 Å². The molecule has 0 saturated carbocycles. The van der Waals surface area contributed by atoms with Crippen molar-refractivity contribution in [1.29, 1.82) is 0 Å². The molecule has 0 unspecified atom stereocenters. The van der Waals surface area contributed by atoms with Crippen LogP contribution in [0.2, 0.25) is 0 Å². The number of hydrogen-bond acceptors (Lipinski definition) is 4. The van der Waals surface area contributed by atoms with Crippen LogP contribution in [0.1, 0.15) is 11.3 Å². The van der Waals surface area contributed by atoms with Crippen molar-refractivity contribution in [3.05, 3.63) is 59.4 Å². The van der Waals surface area contributed by atoms with E-state index in [1.54, 1.807) is 0 Å². The van der Waals surface area contributed by atoms with Crippen LogP contribution in [0, 0.1) is 11.6 Å². The van der Waals surface area contributed by atoms with Crippen LogP contribution >= 0.6 is 0 Å². The van der Waals surface area contributed by atoms with Gasteiger partial charge in [0.2, 0.25) is 0 Å². The third kappa shape index (κ3) is 4.00. The first-order valence-corrected chi connectivity index (χ1v) is 9.74. The lowest BCUT2D eigenvalue weighted by Gasteiger charge is -2.10. The number of aromatic nitrogens is 1. The van der Waals surface area contributed by atoms with Crippen molar-refractivity contribution in [1.82, 2.24) is 5.16 Å². The van der Waals surface area contributed by atoms with E-state index >= 15 is 0 Å². The molecule has 3 rings (SSSR count). The van der Waals surface area contributed by atoms with Crippen LogP contribution in [-0.4, -0.2) is 19.8 Å². The Bertz CT molecular complexity index is 1180. The summed E-state index contributed by atoms with van der Waals surface area (Å²) in [4.78, 5) is -0.919. The normalized spacial score (nSPS) is 12.4. The van der Waals surface area contributed by atoms with Gasteiger partial charge in [0.1, 0.15) is 22.2 Å². The molecule has 3 aromatic rings. The van der Waals surface area contributed by atoms with E-state index in [0.29, 0.717) is 24.5 Å². The molecule has 0 saturated heterocycles. The van der Waals surface area contributed by atoms with E-state index in [4.69, 9.17) is 4.52 Å². The molecule has 0 aliphatic carbocycles.